The zero-order valence-electron chi connectivity index (χ0n) is 12.8. The molecule has 0 saturated heterocycles. The molecule has 0 unspecified atom stereocenters. The standard InChI is InChI=1S/C16H16ClFN6/c17-10-6-3-7-11(18)13(10)22-16-21-12-8-20-15(19)23-14(12)24(16)9-4-1-2-5-9/h3,6-9H,1-2,4-5H2,(H,21,22)(H2,19,20,23). The summed E-state index contributed by atoms with van der Waals surface area (Å²) in [5, 5.41) is 3.33. The molecule has 1 fully saturated rings. The molecule has 6 nitrogen and oxygen atoms in total. The Labute approximate surface area is 142 Å². The minimum Gasteiger partial charge on any atom is -0.368 e. The third kappa shape index (κ3) is 2.54. The van der Waals surface area contributed by atoms with E-state index in [1.54, 1.807) is 18.3 Å². The fourth-order valence-corrected chi connectivity index (χ4v) is 3.44. The molecule has 0 radical (unpaired) electrons. The summed E-state index contributed by atoms with van der Waals surface area (Å²) in [6.07, 6.45) is 5.91. The second-order valence-corrected chi connectivity index (χ2v) is 6.31. The summed E-state index contributed by atoms with van der Waals surface area (Å²) >= 11 is 6.13. The summed E-state index contributed by atoms with van der Waals surface area (Å²) < 4.78 is 16.1. The Bertz CT molecular complexity index is 883. The molecule has 124 valence electrons. The molecule has 0 amide bonds. The maximum atomic E-state index is 14.1. The van der Waals surface area contributed by atoms with Crippen molar-refractivity contribution < 1.29 is 4.39 Å². The summed E-state index contributed by atoms with van der Waals surface area (Å²) in [5.74, 6) is 0.263. The van der Waals surface area contributed by atoms with Crippen LogP contribution in [-0.2, 0) is 0 Å². The summed E-state index contributed by atoms with van der Waals surface area (Å²) in [4.78, 5) is 12.8. The Morgan fingerprint density at radius 1 is 1.25 bits per heavy atom. The minimum absolute atomic E-state index is 0.192. The van der Waals surface area contributed by atoms with Gasteiger partial charge in [0.2, 0.25) is 11.9 Å². The number of hydrogen-bond donors (Lipinski definition) is 2. The van der Waals surface area contributed by atoms with Gasteiger partial charge in [0.05, 0.1) is 16.9 Å². The summed E-state index contributed by atoms with van der Waals surface area (Å²) in [6, 6.07) is 4.80. The molecular formula is C16H16ClFN6. The van der Waals surface area contributed by atoms with E-state index in [0.29, 0.717) is 22.1 Å². The van der Waals surface area contributed by atoms with Gasteiger partial charge in [0.15, 0.2) is 5.65 Å². The lowest BCUT2D eigenvalue weighted by molar-refractivity contribution is 0.535. The number of fused-ring (bicyclic) bond motifs is 1. The van der Waals surface area contributed by atoms with Crippen molar-refractivity contribution >= 4 is 40.3 Å². The second-order valence-electron chi connectivity index (χ2n) is 5.90. The van der Waals surface area contributed by atoms with Gasteiger partial charge in [-0.15, -0.1) is 0 Å². The lowest BCUT2D eigenvalue weighted by Crippen LogP contribution is -2.10. The SMILES string of the molecule is Nc1ncc2nc(Nc3c(F)cccc3Cl)n(C3CCCC3)c2n1. The van der Waals surface area contributed by atoms with Crippen molar-refractivity contribution in [1.82, 2.24) is 19.5 Å². The molecule has 0 aliphatic heterocycles. The van der Waals surface area contributed by atoms with Crippen LogP contribution >= 0.6 is 11.6 Å². The van der Waals surface area contributed by atoms with Crippen LogP contribution in [0.4, 0.5) is 22.0 Å². The fourth-order valence-electron chi connectivity index (χ4n) is 3.23. The Hall–Kier alpha value is -2.41. The van der Waals surface area contributed by atoms with E-state index in [2.05, 4.69) is 20.3 Å². The second kappa shape index (κ2) is 5.90. The molecule has 3 N–H and O–H groups in total. The number of halogens is 2. The molecule has 1 aromatic carbocycles. The van der Waals surface area contributed by atoms with E-state index in [1.165, 1.54) is 6.07 Å². The number of hydrogen-bond acceptors (Lipinski definition) is 5. The molecule has 24 heavy (non-hydrogen) atoms. The van der Waals surface area contributed by atoms with E-state index >= 15 is 0 Å². The number of para-hydroxylation sites is 1. The van der Waals surface area contributed by atoms with Gasteiger partial charge in [-0.25, -0.2) is 14.4 Å². The molecule has 1 aliphatic rings. The van der Waals surface area contributed by atoms with E-state index in [4.69, 9.17) is 17.3 Å². The van der Waals surface area contributed by atoms with Gasteiger partial charge < -0.3 is 11.1 Å². The quantitative estimate of drug-likeness (QED) is 0.747. The molecule has 1 saturated carbocycles. The number of anilines is 3. The third-order valence-electron chi connectivity index (χ3n) is 4.34. The Morgan fingerprint density at radius 2 is 2.04 bits per heavy atom. The van der Waals surface area contributed by atoms with Crippen LogP contribution in [0.2, 0.25) is 5.02 Å². The predicted molar refractivity (Wildman–Crippen MR) is 91.9 cm³/mol. The Morgan fingerprint density at radius 3 is 2.79 bits per heavy atom. The van der Waals surface area contributed by atoms with Crippen LogP contribution < -0.4 is 11.1 Å². The number of imidazole rings is 1. The van der Waals surface area contributed by atoms with E-state index in [-0.39, 0.29) is 17.7 Å². The minimum atomic E-state index is -0.432. The molecule has 0 atom stereocenters. The Balaban J connectivity index is 1.86. The number of benzene rings is 1. The maximum absolute atomic E-state index is 14.1. The highest BCUT2D eigenvalue weighted by Gasteiger charge is 2.24. The van der Waals surface area contributed by atoms with Crippen LogP contribution in [0.25, 0.3) is 11.2 Å². The normalized spacial score (nSPS) is 15.2. The fraction of sp³-hybridized carbons (Fsp3) is 0.312. The summed E-state index contributed by atoms with van der Waals surface area (Å²) in [6.45, 7) is 0. The molecule has 1 aliphatic carbocycles. The topological polar surface area (TPSA) is 81.6 Å². The highest BCUT2D eigenvalue weighted by molar-refractivity contribution is 6.33. The number of nitrogens with two attached hydrogens (primary N) is 1. The van der Waals surface area contributed by atoms with Crippen molar-refractivity contribution in [3.8, 4) is 0 Å². The van der Waals surface area contributed by atoms with E-state index in [0.717, 1.165) is 25.7 Å². The number of nitrogens with one attached hydrogen (secondary N) is 1. The van der Waals surface area contributed by atoms with Crippen molar-refractivity contribution in [3.63, 3.8) is 0 Å². The molecule has 4 rings (SSSR count). The largest absolute Gasteiger partial charge is 0.368 e. The van der Waals surface area contributed by atoms with Gasteiger partial charge in [0.25, 0.3) is 0 Å². The van der Waals surface area contributed by atoms with Gasteiger partial charge >= 0.3 is 0 Å². The predicted octanol–water partition coefficient (Wildman–Crippen LogP) is 4.06. The van der Waals surface area contributed by atoms with Crippen LogP contribution in [-0.4, -0.2) is 19.5 Å². The zero-order chi connectivity index (χ0) is 16.7. The van der Waals surface area contributed by atoms with Gasteiger partial charge in [-0.3, -0.25) is 4.57 Å². The molecule has 2 heterocycles. The van der Waals surface area contributed by atoms with E-state index in [1.807, 2.05) is 4.57 Å². The molecule has 8 heteroatoms. The molecular weight excluding hydrogens is 331 g/mol. The van der Waals surface area contributed by atoms with Gasteiger partial charge in [-0.05, 0) is 25.0 Å². The number of aromatic nitrogens is 4. The van der Waals surface area contributed by atoms with Gasteiger partial charge in [-0.1, -0.05) is 30.5 Å². The first-order valence-corrected chi connectivity index (χ1v) is 8.23. The van der Waals surface area contributed by atoms with Crippen molar-refractivity contribution in [1.29, 1.82) is 0 Å². The van der Waals surface area contributed by atoms with E-state index < -0.39 is 5.82 Å². The lowest BCUT2D eigenvalue weighted by Gasteiger charge is -2.17. The average Bonchev–Trinajstić information content (AvgIpc) is 3.17. The van der Waals surface area contributed by atoms with Gasteiger partial charge in [0, 0.05) is 6.04 Å². The first-order chi connectivity index (χ1) is 11.6. The van der Waals surface area contributed by atoms with Gasteiger partial charge in [-0.2, -0.15) is 4.98 Å². The van der Waals surface area contributed by atoms with Crippen LogP contribution in [0.15, 0.2) is 24.4 Å². The van der Waals surface area contributed by atoms with Crippen LogP contribution in [0.3, 0.4) is 0 Å². The van der Waals surface area contributed by atoms with Crippen LogP contribution in [0, 0.1) is 5.82 Å². The molecule has 0 bridgehead atoms. The third-order valence-corrected chi connectivity index (χ3v) is 4.66. The van der Waals surface area contributed by atoms with Crippen molar-refractivity contribution in [3.05, 3.63) is 35.2 Å². The number of nitrogen functional groups attached to an aromatic ring is 1. The Kier molecular flexibility index (Phi) is 3.72. The molecule has 3 aromatic rings. The number of nitrogens with zero attached hydrogens (tertiary/aromatic N) is 4. The van der Waals surface area contributed by atoms with Crippen molar-refractivity contribution in [2.45, 2.75) is 31.7 Å². The zero-order valence-corrected chi connectivity index (χ0v) is 13.6. The highest BCUT2D eigenvalue weighted by atomic mass is 35.5. The van der Waals surface area contributed by atoms with Crippen LogP contribution in [0.5, 0.6) is 0 Å². The van der Waals surface area contributed by atoms with Crippen LogP contribution in [0.1, 0.15) is 31.7 Å². The maximum Gasteiger partial charge on any atom is 0.222 e. The molecule has 0 spiro atoms. The summed E-state index contributed by atoms with van der Waals surface area (Å²) in [5.41, 5.74) is 7.21. The smallest absolute Gasteiger partial charge is 0.222 e. The molecule has 2 aromatic heterocycles. The monoisotopic (exact) mass is 346 g/mol. The highest BCUT2D eigenvalue weighted by Crippen LogP contribution is 2.36. The van der Waals surface area contributed by atoms with Crippen molar-refractivity contribution in [2.24, 2.45) is 0 Å². The number of rotatable bonds is 3. The van der Waals surface area contributed by atoms with Crippen molar-refractivity contribution in [2.75, 3.05) is 11.1 Å². The average molecular weight is 347 g/mol. The first-order valence-electron chi connectivity index (χ1n) is 7.85. The first kappa shape index (κ1) is 15.1. The van der Waals surface area contributed by atoms with E-state index in [9.17, 15) is 4.39 Å². The summed E-state index contributed by atoms with van der Waals surface area (Å²) in [7, 11) is 0. The lowest BCUT2D eigenvalue weighted by atomic mass is 10.2. The van der Waals surface area contributed by atoms with Gasteiger partial charge in [0.1, 0.15) is 11.3 Å².